The average Bonchev–Trinajstić information content (AvgIpc) is 2.46. The summed E-state index contributed by atoms with van der Waals surface area (Å²) in [5.41, 5.74) is 6.33. The molecule has 7 heteroatoms. The number of hydrogen-bond donors (Lipinski definition) is 2. The van der Waals surface area contributed by atoms with Crippen molar-refractivity contribution in [2.24, 2.45) is 11.7 Å². The van der Waals surface area contributed by atoms with Crippen LogP contribution in [0.4, 0.5) is 0 Å². The number of piperidine rings is 1. The molecule has 1 fully saturated rings. The van der Waals surface area contributed by atoms with Gasteiger partial charge in [0.05, 0.1) is 5.02 Å². The third-order valence-corrected chi connectivity index (χ3v) is 5.83. The molecule has 0 amide bonds. The van der Waals surface area contributed by atoms with E-state index < -0.39 is 10.0 Å². The van der Waals surface area contributed by atoms with Gasteiger partial charge in [-0.15, -0.1) is 0 Å². The standard InChI is InChI=1S/C14H22ClN3O2S/c1-18-6-4-11(5-7-18)10-17-21(19,20)14-3-2-12(9-16)8-13(14)15/h2-3,8,11,17H,4-7,9-10,16H2,1H3. The molecule has 0 saturated carbocycles. The highest BCUT2D eigenvalue weighted by atomic mass is 35.5. The molecule has 1 aromatic carbocycles. The van der Waals surface area contributed by atoms with Crippen molar-refractivity contribution in [2.45, 2.75) is 24.3 Å². The molecule has 21 heavy (non-hydrogen) atoms. The molecule has 0 aromatic heterocycles. The third-order valence-electron chi connectivity index (χ3n) is 3.92. The summed E-state index contributed by atoms with van der Waals surface area (Å²) in [6.07, 6.45) is 2.03. The lowest BCUT2D eigenvalue weighted by Crippen LogP contribution is -2.36. The van der Waals surface area contributed by atoms with Crippen molar-refractivity contribution in [2.75, 3.05) is 26.7 Å². The van der Waals surface area contributed by atoms with Gasteiger partial charge < -0.3 is 10.6 Å². The summed E-state index contributed by atoms with van der Waals surface area (Å²) in [5.74, 6) is 0.387. The molecule has 1 aromatic rings. The highest BCUT2D eigenvalue weighted by Gasteiger charge is 2.22. The lowest BCUT2D eigenvalue weighted by Gasteiger charge is -2.28. The van der Waals surface area contributed by atoms with Crippen LogP contribution in [-0.2, 0) is 16.6 Å². The molecule has 0 spiro atoms. The van der Waals surface area contributed by atoms with Crippen LogP contribution >= 0.6 is 11.6 Å². The van der Waals surface area contributed by atoms with Gasteiger partial charge in [0, 0.05) is 13.1 Å². The zero-order chi connectivity index (χ0) is 15.5. The third kappa shape index (κ3) is 4.40. The summed E-state index contributed by atoms with van der Waals surface area (Å²) in [4.78, 5) is 2.38. The van der Waals surface area contributed by atoms with Crippen LogP contribution in [-0.4, -0.2) is 40.0 Å². The van der Waals surface area contributed by atoms with Crippen molar-refractivity contribution in [3.63, 3.8) is 0 Å². The highest BCUT2D eigenvalue weighted by molar-refractivity contribution is 7.89. The van der Waals surface area contributed by atoms with E-state index in [1.807, 2.05) is 0 Å². The SMILES string of the molecule is CN1CCC(CNS(=O)(=O)c2ccc(CN)cc2Cl)CC1. The van der Waals surface area contributed by atoms with Crippen LogP contribution in [0, 0.1) is 5.92 Å². The summed E-state index contributed by atoms with van der Waals surface area (Å²) in [5, 5.41) is 0.217. The van der Waals surface area contributed by atoms with Crippen molar-refractivity contribution in [3.05, 3.63) is 28.8 Å². The van der Waals surface area contributed by atoms with Gasteiger partial charge in [-0.1, -0.05) is 17.7 Å². The largest absolute Gasteiger partial charge is 0.326 e. The van der Waals surface area contributed by atoms with Crippen LogP contribution in [0.3, 0.4) is 0 Å². The predicted octanol–water partition coefficient (Wildman–Crippen LogP) is 1.42. The number of nitrogens with zero attached hydrogens (tertiary/aromatic N) is 1. The van der Waals surface area contributed by atoms with Crippen molar-refractivity contribution < 1.29 is 8.42 Å². The Kier molecular flexibility index (Phi) is 5.62. The quantitative estimate of drug-likeness (QED) is 0.855. The number of nitrogens with one attached hydrogen (secondary N) is 1. The summed E-state index contributed by atoms with van der Waals surface area (Å²) < 4.78 is 27.3. The summed E-state index contributed by atoms with van der Waals surface area (Å²) >= 11 is 6.05. The second-order valence-corrected chi connectivity index (χ2v) is 7.71. The van der Waals surface area contributed by atoms with E-state index in [1.165, 1.54) is 6.07 Å². The summed E-state index contributed by atoms with van der Waals surface area (Å²) in [6.45, 7) is 2.82. The van der Waals surface area contributed by atoms with Gasteiger partial charge in [-0.25, -0.2) is 13.1 Å². The number of nitrogens with two attached hydrogens (primary N) is 1. The van der Waals surface area contributed by atoms with Gasteiger partial charge in [0.15, 0.2) is 0 Å². The molecule has 2 rings (SSSR count). The van der Waals surface area contributed by atoms with E-state index in [0.29, 0.717) is 19.0 Å². The van der Waals surface area contributed by atoms with Crippen molar-refractivity contribution in [1.29, 1.82) is 0 Å². The van der Waals surface area contributed by atoms with Gasteiger partial charge in [-0.3, -0.25) is 0 Å². The van der Waals surface area contributed by atoms with E-state index in [-0.39, 0.29) is 9.92 Å². The van der Waals surface area contributed by atoms with E-state index in [2.05, 4.69) is 16.7 Å². The Bertz CT molecular complexity index is 584. The van der Waals surface area contributed by atoms with Crippen LogP contribution in [0.1, 0.15) is 18.4 Å². The lowest BCUT2D eigenvalue weighted by atomic mass is 9.98. The predicted molar refractivity (Wildman–Crippen MR) is 84.8 cm³/mol. The molecule has 1 saturated heterocycles. The minimum atomic E-state index is -3.57. The molecular formula is C14H22ClN3O2S. The molecule has 118 valence electrons. The number of hydrogen-bond acceptors (Lipinski definition) is 4. The molecule has 1 aliphatic rings. The molecule has 0 bridgehead atoms. The maximum absolute atomic E-state index is 12.3. The summed E-state index contributed by atoms with van der Waals surface area (Å²) in [7, 11) is -1.48. The maximum atomic E-state index is 12.3. The molecule has 5 nitrogen and oxygen atoms in total. The Balaban J connectivity index is 2.01. The van der Waals surface area contributed by atoms with Crippen molar-refractivity contribution in [3.8, 4) is 0 Å². The van der Waals surface area contributed by atoms with Gasteiger partial charge >= 0.3 is 0 Å². The maximum Gasteiger partial charge on any atom is 0.242 e. The Morgan fingerprint density at radius 3 is 2.62 bits per heavy atom. The van der Waals surface area contributed by atoms with Crippen LogP contribution in [0.5, 0.6) is 0 Å². The Labute approximate surface area is 131 Å². The topological polar surface area (TPSA) is 75.4 Å². The molecule has 1 heterocycles. The number of benzene rings is 1. The van der Waals surface area contributed by atoms with Gasteiger partial charge in [0.2, 0.25) is 10.0 Å². The van der Waals surface area contributed by atoms with Gasteiger partial charge in [-0.05, 0) is 56.6 Å². The second-order valence-electron chi connectivity index (χ2n) is 5.57. The smallest absolute Gasteiger partial charge is 0.242 e. The van der Waals surface area contributed by atoms with Crippen LogP contribution in [0.15, 0.2) is 23.1 Å². The molecule has 3 N–H and O–H groups in total. The normalized spacial score (nSPS) is 18.0. The highest BCUT2D eigenvalue weighted by Crippen LogP contribution is 2.23. The van der Waals surface area contributed by atoms with Crippen LogP contribution in [0.2, 0.25) is 5.02 Å². The first-order valence-electron chi connectivity index (χ1n) is 7.09. The fourth-order valence-electron chi connectivity index (χ4n) is 2.46. The molecule has 0 atom stereocenters. The molecule has 0 unspecified atom stereocenters. The van der Waals surface area contributed by atoms with Crippen molar-refractivity contribution >= 4 is 21.6 Å². The van der Waals surface area contributed by atoms with E-state index in [1.54, 1.807) is 12.1 Å². The number of rotatable bonds is 5. The number of halogens is 1. The van der Waals surface area contributed by atoms with E-state index in [9.17, 15) is 8.42 Å². The fraction of sp³-hybridized carbons (Fsp3) is 0.571. The van der Waals surface area contributed by atoms with Gasteiger partial charge in [-0.2, -0.15) is 0 Å². The van der Waals surface area contributed by atoms with E-state index in [0.717, 1.165) is 31.5 Å². The zero-order valence-corrected chi connectivity index (χ0v) is 13.8. The Morgan fingerprint density at radius 2 is 2.05 bits per heavy atom. The first kappa shape index (κ1) is 16.7. The van der Waals surface area contributed by atoms with Crippen molar-refractivity contribution in [1.82, 2.24) is 9.62 Å². The first-order chi connectivity index (χ1) is 9.92. The Hall–Kier alpha value is -0.660. The minimum absolute atomic E-state index is 0.120. The fourth-order valence-corrected chi connectivity index (χ4v) is 4.14. The first-order valence-corrected chi connectivity index (χ1v) is 8.95. The molecule has 1 aliphatic heterocycles. The molecule has 0 aliphatic carbocycles. The van der Waals surface area contributed by atoms with Crippen LogP contribution in [0.25, 0.3) is 0 Å². The monoisotopic (exact) mass is 331 g/mol. The average molecular weight is 332 g/mol. The minimum Gasteiger partial charge on any atom is -0.326 e. The van der Waals surface area contributed by atoms with Gasteiger partial charge in [0.25, 0.3) is 0 Å². The van der Waals surface area contributed by atoms with E-state index >= 15 is 0 Å². The number of sulfonamides is 1. The van der Waals surface area contributed by atoms with E-state index in [4.69, 9.17) is 17.3 Å². The molecule has 0 radical (unpaired) electrons. The molecular weight excluding hydrogens is 310 g/mol. The zero-order valence-electron chi connectivity index (χ0n) is 12.2. The van der Waals surface area contributed by atoms with Crippen LogP contribution < -0.4 is 10.5 Å². The van der Waals surface area contributed by atoms with Gasteiger partial charge in [0.1, 0.15) is 4.90 Å². The lowest BCUT2D eigenvalue weighted by molar-refractivity contribution is 0.220. The number of likely N-dealkylation sites (tertiary alicyclic amines) is 1. The summed E-state index contributed by atoms with van der Waals surface area (Å²) in [6, 6.07) is 4.81. The Morgan fingerprint density at radius 1 is 1.38 bits per heavy atom. The second kappa shape index (κ2) is 7.07.